The second-order valence-corrected chi connectivity index (χ2v) is 7.48. The molecule has 0 aromatic rings. The van der Waals surface area contributed by atoms with Crippen molar-refractivity contribution in [3.05, 3.63) is 0 Å². The number of methoxy groups -OCH3 is 2. The van der Waals surface area contributed by atoms with Crippen LogP contribution in [0.2, 0.25) is 6.04 Å². The van der Waals surface area contributed by atoms with Gasteiger partial charge in [0, 0.05) is 27.3 Å². The van der Waals surface area contributed by atoms with E-state index in [-0.39, 0.29) is 15.4 Å². The number of hydrogen-bond acceptors (Lipinski definition) is 4. The first-order valence-corrected chi connectivity index (χ1v) is 8.70. The maximum absolute atomic E-state index is 5.24. The number of hydrogen-bond donors (Lipinski definition) is 0. The summed E-state index contributed by atoms with van der Waals surface area (Å²) in [5, 5.41) is 0. The quantitative estimate of drug-likeness (QED) is 0.315. The van der Waals surface area contributed by atoms with Crippen molar-refractivity contribution < 1.29 is 9.47 Å². The fraction of sp³-hybridized carbons (Fsp3) is 1.00. The first kappa shape index (κ1) is 18.1. The highest BCUT2D eigenvalue weighted by Crippen LogP contribution is 2.02. The largest absolute Gasteiger partial charge is 0.360 e. The van der Waals surface area contributed by atoms with E-state index < -0.39 is 0 Å². The Hall–Kier alpha value is 0.0569. The van der Waals surface area contributed by atoms with Crippen LogP contribution in [-0.4, -0.2) is 80.2 Å². The van der Waals surface area contributed by atoms with Crippen LogP contribution in [0.5, 0.6) is 0 Å². The van der Waals surface area contributed by atoms with E-state index in [1.54, 1.807) is 14.2 Å². The van der Waals surface area contributed by atoms with Gasteiger partial charge < -0.3 is 19.3 Å². The molecule has 1 unspecified atom stereocenters. The van der Waals surface area contributed by atoms with E-state index in [9.17, 15) is 0 Å². The standard InChI is InChI=1S/C13H32N2O2Si/c1-12(10-14(2)3)11-15(4)8-7-9-18-13(16-5)17-6/h12-13H,7-11,18H2,1-6H3. The van der Waals surface area contributed by atoms with E-state index in [2.05, 4.69) is 37.9 Å². The van der Waals surface area contributed by atoms with Gasteiger partial charge in [-0.15, -0.1) is 0 Å². The van der Waals surface area contributed by atoms with Gasteiger partial charge in [0.15, 0.2) is 0 Å². The Morgan fingerprint density at radius 2 is 1.67 bits per heavy atom. The highest BCUT2D eigenvalue weighted by molar-refractivity contribution is 6.36. The summed E-state index contributed by atoms with van der Waals surface area (Å²) in [6.45, 7) is 5.84. The number of rotatable bonds is 11. The number of ether oxygens (including phenoxy) is 2. The highest BCUT2D eigenvalue weighted by atomic mass is 28.2. The summed E-state index contributed by atoms with van der Waals surface area (Å²) in [6, 6.07) is 1.29. The van der Waals surface area contributed by atoms with Crippen LogP contribution in [0.4, 0.5) is 0 Å². The second kappa shape index (κ2) is 10.9. The normalized spacial score (nSPS) is 14.5. The molecule has 0 aromatic heterocycles. The molecule has 0 saturated carbocycles. The van der Waals surface area contributed by atoms with Crippen molar-refractivity contribution in [1.82, 2.24) is 9.80 Å². The third kappa shape index (κ3) is 10.0. The van der Waals surface area contributed by atoms with Crippen molar-refractivity contribution in [3.63, 3.8) is 0 Å². The number of nitrogens with zero attached hydrogens (tertiary/aromatic N) is 2. The molecule has 0 aliphatic carbocycles. The van der Waals surface area contributed by atoms with E-state index in [0.29, 0.717) is 0 Å². The Balaban J connectivity index is 3.55. The van der Waals surface area contributed by atoms with E-state index >= 15 is 0 Å². The zero-order chi connectivity index (χ0) is 14.0. The predicted molar refractivity (Wildman–Crippen MR) is 81.0 cm³/mol. The van der Waals surface area contributed by atoms with Gasteiger partial charge in [0.1, 0.15) is 5.91 Å². The van der Waals surface area contributed by atoms with Gasteiger partial charge in [0.2, 0.25) is 0 Å². The van der Waals surface area contributed by atoms with Gasteiger partial charge in [-0.25, -0.2) is 0 Å². The van der Waals surface area contributed by atoms with Crippen LogP contribution in [0.25, 0.3) is 0 Å². The molecular formula is C13H32N2O2Si. The van der Waals surface area contributed by atoms with Crippen molar-refractivity contribution in [2.45, 2.75) is 25.3 Å². The molecule has 0 bridgehead atoms. The average Bonchev–Trinajstić information content (AvgIpc) is 2.28. The van der Waals surface area contributed by atoms with Gasteiger partial charge in [-0.3, -0.25) is 0 Å². The lowest BCUT2D eigenvalue weighted by atomic mass is 10.1. The molecule has 1 atom stereocenters. The summed E-state index contributed by atoms with van der Waals surface area (Å²) in [7, 11) is 9.72. The molecular weight excluding hydrogens is 244 g/mol. The van der Waals surface area contributed by atoms with Crippen LogP contribution in [0, 0.1) is 5.92 Å². The maximum atomic E-state index is 5.24. The van der Waals surface area contributed by atoms with E-state index in [4.69, 9.17) is 9.47 Å². The lowest BCUT2D eigenvalue weighted by Gasteiger charge is -2.23. The molecule has 5 heteroatoms. The minimum Gasteiger partial charge on any atom is -0.360 e. The SMILES string of the molecule is COC(OC)[SiH2]CCCN(C)CC(C)CN(C)C. The fourth-order valence-electron chi connectivity index (χ4n) is 2.33. The Kier molecular flexibility index (Phi) is 11.0. The summed E-state index contributed by atoms with van der Waals surface area (Å²) >= 11 is 0. The van der Waals surface area contributed by atoms with Crippen LogP contribution in [0.15, 0.2) is 0 Å². The van der Waals surface area contributed by atoms with Crippen LogP contribution in [0.1, 0.15) is 13.3 Å². The third-order valence-corrected chi connectivity index (χ3v) is 5.10. The van der Waals surface area contributed by atoms with Crippen LogP contribution < -0.4 is 0 Å². The summed E-state index contributed by atoms with van der Waals surface area (Å²) in [4.78, 5) is 4.70. The van der Waals surface area contributed by atoms with E-state index in [1.165, 1.54) is 25.6 Å². The minimum atomic E-state index is -0.242. The molecule has 0 fully saturated rings. The average molecular weight is 276 g/mol. The summed E-state index contributed by atoms with van der Waals surface area (Å²) in [6.07, 6.45) is 1.26. The molecule has 0 aliphatic heterocycles. The first-order chi connectivity index (χ1) is 8.49. The van der Waals surface area contributed by atoms with Crippen LogP contribution in [0.3, 0.4) is 0 Å². The molecule has 0 aliphatic rings. The zero-order valence-electron chi connectivity index (χ0n) is 13.1. The van der Waals surface area contributed by atoms with Gasteiger partial charge >= 0.3 is 0 Å². The zero-order valence-corrected chi connectivity index (χ0v) is 14.5. The monoisotopic (exact) mass is 276 g/mol. The Morgan fingerprint density at radius 3 is 2.17 bits per heavy atom. The predicted octanol–water partition coefficient (Wildman–Crippen LogP) is 0.670. The van der Waals surface area contributed by atoms with Crippen molar-refractivity contribution in [3.8, 4) is 0 Å². The molecule has 0 heterocycles. The third-order valence-electron chi connectivity index (χ3n) is 3.06. The fourth-order valence-corrected chi connectivity index (χ4v) is 3.65. The van der Waals surface area contributed by atoms with Gasteiger partial charge in [-0.05, 0) is 40.0 Å². The Labute approximate surface area is 115 Å². The Morgan fingerprint density at radius 1 is 1.06 bits per heavy atom. The van der Waals surface area contributed by atoms with Crippen molar-refractivity contribution >= 4 is 9.52 Å². The molecule has 0 radical (unpaired) electrons. The molecule has 110 valence electrons. The van der Waals surface area contributed by atoms with Crippen molar-refractivity contribution in [1.29, 1.82) is 0 Å². The van der Waals surface area contributed by atoms with Crippen LogP contribution >= 0.6 is 0 Å². The molecule has 0 amide bonds. The molecule has 4 nitrogen and oxygen atoms in total. The van der Waals surface area contributed by atoms with Gasteiger partial charge in [-0.1, -0.05) is 13.0 Å². The summed E-state index contributed by atoms with van der Waals surface area (Å²) in [5.74, 6) is 0.830. The van der Waals surface area contributed by atoms with Gasteiger partial charge in [-0.2, -0.15) is 0 Å². The minimum absolute atomic E-state index is 0.1000. The van der Waals surface area contributed by atoms with Crippen molar-refractivity contribution in [2.75, 3.05) is 55.0 Å². The topological polar surface area (TPSA) is 24.9 Å². The molecule has 0 rings (SSSR count). The first-order valence-electron chi connectivity index (χ1n) is 6.88. The second-order valence-electron chi connectivity index (χ2n) is 5.53. The van der Waals surface area contributed by atoms with Crippen molar-refractivity contribution in [2.24, 2.45) is 5.92 Å². The Bertz CT molecular complexity index is 190. The molecule has 0 N–H and O–H groups in total. The van der Waals surface area contributed by atoms with Crippen LogP contribution in [-0.2, 0) is 9.47 Å². The summed E-state index contributed by atoms with van der Waals surface area (Å²) in [5.41, 5.74) is 0. The highest BCUT2D eigenvalue weighted by Gasteiger charge is 2.09. The molecule has 18 heavy (non-hydrogen) atoms. The molecule has 0 saturated heterocycles. The lowest BCUT2D eigenvalue weighted by molar-refractivity contribution is -0.0441. The van der Waals surface area contributed by atoms with Gasteiger partial charge in [0.05, 0.1) is 9.52 Å². The van der Waals surface area contributed by atoms with Gasteiger partial charge in [0.25, 0.3) is 0 Å². The maximum Gasteiger partial charge on any atom is 0.134 e. The smallest absolute Gasteiger partial charge is 0.134 e. The lowest BCUT2D eigenvalue weighted by Crippen LogP contribution is -2.31. The van der Waals surface area contributed by atoms with E-state index in [0.717, 1.165) is 12.5 Å². The molecule has 0 aromatic carbocycles. The molecule has 0 spiro atoms. The summed E-state index contributed by atoms with van der Waals surface area (Å²) < 4.78 is 10.5. The van der Waals surface area contributed by atoms with E-state index in [1.807, 2.05) is 0 Å².